The maximum Gasteiger partial charge on any atom is 0.416 e. The van der Waals surface area contributed by atoms with Crippen LogP contribution in [0, 0.1) is 0 Å². The Labute approximate surface area is 254 Å². The first-order valence-corrected chi connectivity index (χ1v) is 15.4. The van der Waals surface area contributed by atoms with Crippen molar-refractivity contribution in [3.8, 4) is 11.1 Å². The van der Waals surface area contributed by atoms with E-state index in [1.807, 2.05) is 6.07 Å². The van der Waals surface area contributed by atoms with Gasteiger partial charge < -0.3 is 15.0 Å². The summed E-state index contributed by atoms with van der Waals surface area (Å²) in [7, 11) is 0. The topological polar surface area (TPSA) is 86.3 Å². The van der Waals surface area contributed by atoms with Crippen LogP contribution in [0.15, 0.2) is 83.0 Å². The van der Waals surface area contributed by atoms with Crippen LogP contribution in [0.4, 0.5) is 13.2 Å². The van der Waals surface area contributed by atoms with Crippen molar-refractivity contribution in [2.45, 2.75) is 49.9 Å². The van der Waals surface area contributed by atoms with Gasteiger partial charge >= 0.3 is 6.18 Å². The van der Waals surface area contributed by atoms with E-state index in [1.165, 1.54) is 21.1 Å². The van der Waals surface area contributed by atoms with Crippen molar-refractivity contribution in [3.63, 3.8) is 0 Å². The van der Waals surface area contributed by atoms with Crippen LogP contribution < -0.4 is 5.56 Å². The number of hydrogen-bond acceptors (Lipinski definition) is 5. The predicted molar refractivity (Wildman–Crippen MR) is 162 cm³/mol. The maximum atomic E-state index is 13.5. The number of fused-ring (bicyclic) bond motifs is 2. The SMILES string of the molecule is O=C(C(O)c1cccc(C(F)(F)F)c1)N1CCCc2nc(C3(c4cccc(-c5ccc6sccc6c5)c4)CC3)[nH]c(=O)c2C1. The number of aromatic nitrogens is 2. The number of thiophene rings is 1. The summed E-state index contributed by atoms with van der Waals surface area (Å²) in [6.07, 6.45) is -3.74. The number of amides is 1. The van der Waals surface area contributed by atoms with Crippen LogP contribution in [0.5, 0.6) is 0 Å². The Morgan fingerprint density at radius 1 is 1.02 bits per heavy atom. The highest BCUT2D eigenvalue weighted by atomic mass is 32.1. The van der Waals surface area contributed by atoms with Gasteiger partial charge in [-0.15, -0.1) is 11.3 Å². The molecule has 1 unspecified atom stereocenters. The molecule has 1 atom stereocenters. The first kappa shape index (κ1) is 28.5. The van der Waals surface area contributed by atoms with Gasteiger partial charge in [-0.05, 0) is 89.0 Å². The number of aliphatic hydroxyl groups excluding tert-OH is 1. The van der Waals surface area contributed by atoms with E-state index >= 15 is 0 Å². The molecule has 1 fully saturated rings. The molecule has 224 valence electrons. The van der Waals surface area contributed by atoms with Crippen molar-refractivity contribution in [1.29, 1.82) is 0 Å². The number of carbonyl (C=O) groups excluding carboxylic acids is 1. The quantitative estimate of drug-likeness (QED) is 0.229. The van der Waals surface area contributed by atoms with E-state index in [0.29, 0.717) is 29.9 Å². The smallest absolute Gasteiger partial charge is 0.378 e. The van der Waals surface area contributed by atoms with E-state index in [-0.39, 0.29) is 24.2 Å². The van der Waals surface area contributed by atoms with Gasteiger partial charge in [-0.1, -0.05) is 42.5 Å². The van der Waals surface area contributed by atoms with E-state index in [1.54, 1.807) is 11.3 Å². The van der Waals surface area contributed by atoms with Gasteiger partial charge in [0.1, 0.15) is 5.82 Å². The lowest BCUT2D eigenvalue weighted by molar-refractivity contribution is -0.142. The van der Waals surface area contributed by atoms with Crippen LogP contribution in [0.1, 0.15) is 59.1 Å². The Morgan fingerprint density at radius 3 is 2.61 bits per heavy atom. The van der Waals surface area contributed by atoms with Crippen LogP contribution in [-0.4, -0.2) is 32.4 Å². The van der Waals surface area contributed by atoms with Crippen molar-refractivity contribution in [2.24, 2.45) is 0 Å². The lowest BCUT2D eigenvalue weighted by atomic mass is 9.91. The largest absolute Gasteiger partial charge is 0.416 e. The van der Waals surface area contributed by atoms with Gasteiger partial charge in [0.15, 0.2) is 6.10 Å². The standard InChI is InChI=1S/C34H28F3N3O3S/c35-34(36,37)25-7-2-5-23(18-25)29(41)31(43)40-14-3-8-27-26(19-40)30(42)39-32(38-27)33(12-13-33)24-6-1-4-20(17-24)21-9-10-28-22(16-21)11-15-44-28/h1-2,4-7,9-11,15-18,29,41H,3,8,12-14,19H2,(H,38,39,42). The van der Waals surface area contributed by atoms with Gasteiger partial charge in [-0.3, -0.25) is 9.59 Å². The lowest BCUT2D eigenvalue weighted by Gasteiger charge is -2.24. The molecule has 1 amide bonds. The van der Waals surface area contributed by atoms with E-state index in [0.717, 1.165) is 47.7 Å². The molecule has 2 aromatic heterocycles. The number of halogens is 3. The summed E-state index contributed by atoms with van der Waals surface area (Å²) in [5.41, 5.74) is 2.40. The number of nitrogens with zero attached hydrogens (tertiary/aromatic N) is 2. The fourth-order valence-corrected chi connectivity index (χ4v) is 6.94. The van der Waals surface area contributed by atoms with Crippen LogP contribution >= 0.6 is 11.3 Å². The summed E-state index contributed by atoms with van der Waals surface area (Å²) in [5.74, 6) is -0.146. The molecule has 1 saturated carbocycles. The molecule has 0 spiro atoms. The van der Waals surface area contributed by atoms with Crippen molar-refractivity contribution in [3.05, 3.63) is 122 Å². The summed E-state index contributed by atoms with van der Waals surface area (Å²) >= 11 is 1.71. The molecule has 1 aliphatic heterocycles. The number of aromatic amines is 1. The fourth-order valence-electron chi connectivity index (χ4n) is 6.17. The number of H-pyrrole nitrogens is 1. The molecule has 3 aromatic carbocycles. The number of aliphatic hydroxyl groups is 1. The number of hydrogen-bond donors (Lipinski definition) is 2. The molecule has 0 radical (unpaired) electrons. The Balaban J connectivity index is 1.15. The Kier molecular flexibility index (Phi) is 6.93. The molecule has 44 heavy (non-hydrogen) atoms. The summed E-state index contributed by atoms with van der Waals surface area (Å²) < 4.78 is 40.8. The molecule has 3 heterocycles. The van der Waals surface area contributed by atoms with Crippen molar-refractivity contribution in [1.82, 2.24) is 14.9 Å². The van der Waals surface area contributed by atoms with Crippen LogP contribution in [0.25, 0.3) is 21.2 Å². The number of carbonyl (C=O) groups is 1. The highest BCUT2D eigenvalue weighted by molar-refractivity contribution is 7.17. The summed E-state index contributed by atoms with van der Waals surface area (Å²) in [5, 5.41) is 14.0. The highest BCUT2D eigenvalue weighted by Crippen LogP contribution is 2.52. The van der Waals surface area contributed by atoms with Gasteiger partial charge in [0.2, 0.25) is 0 Å². The molecule has 5 aromatic rings. The molecule has 1 aliphatic carbocycles. The number of alkyl halides is 3. The molecule has 2 N–H and O–H groups in total. The van der Waals surface area contributed by atoms with Gasteiger partial charge in [0, 0.05) is 11.2 Å². The van der Waals surface area contributed by atoms with Gasteiger partial charge in [0.05, 0.1) is 28.8 Å². The third kappa shape index (κ3) is 5.11. The average Bonchev–Trinajstić information content (AvgIpc) is 3.75. The third-order valence-electron chi connectivity index (χ3n) is 8.77. The molecule has 6 nitrogen and oxygen atoms in total. The molecular weight excluding hydrogens is 587 g/mol. The molecule has 0 bridgehead atoms. The van der Waals surface area contributed by atoms with E-state index in [9.17, 15) is 27.9 Å². The minimum atomic E-state index is -4.60. The number of benzene rings is 3. The highest BCUT2D eigenvalue weighted by Gasteiger charge is 2.49. The minimum Gasteiger partial charge on any atom is -0.378 e. The molecule has 10 heteroatoms. The minimum absolute atomic E-state index is 0.0830. The predicted octanol–water partition coefficient (Wildman–Crippen LogP) is 6.76. The zero-order chi connectivity index (χ0) is 30.6. The summed E-state index contributed by atoms with van der Waals surface area (Å²) in [4.78, 5) is 36.0. The molecular formula is C34H28F3N3O3S. The summed E-state index contributed by atoms with van der Waals surface area (Å²) in [6.45, 7) is 0.155. The normalized spacial score (nSPS) is 16.8. The van der Waals surface area contributed by atoms with E-state index in [2.05, 4.69) is 52.8 Å². The van der Waals surface area contributed by atoms with Crippen LogP contribution in [0.3, 0.4) is 0 Å². The second-order valence-electron chi connectivity index (χ2n) is 11.6. The third-order valence-corrected chi connectivity index (χ3v) is 9.67. The molecule has 7 rings (SSSR count). The van der Waals surface area contributed by atoms with E-state index < -0.39 is 29.2 Å². The second-order valence-corrected chi connectivity index (χ2v) is 12.5. The van der Waals surface area contributed by atoms with Crippen molar-refractivity contribution in [2.75, 3.05) is 6.54 Å². The lowest BCUT2D eigenvalue weighted by Crippen LogP contribution is -2.36. The van der Waals surface area contributed by atoms with Crippen molar-refractivity contribution >= 4 is 27.3 Å². The van der Waals surface area contributed by atoms with Gasteiger partial charge in [-0.25, -0.2) is 4.98 Å². The van der Waals surface area contributed by atoms with Gasteiger partial charge in [0.25, 0.3) is 11.5 Å². The Bertz CT molecular complexity index is 1960. The zero-order valence-electron chi connectivity index (χ0n) is 23.5. The van der Waals surface area contributed by atoms with Crippen LogP contribution in [-0.2, 0) is 29.4 Å². The van der Waals surface area contributed by atoms with E-state index in [4.69, 9.17) is 4.98 Å². The average molecular weight is 616 g/mol. The number of rotatable bonds is 5. The summed E-state index contributed by atoms with van der Waals surface area (Å²) in [6, 6.07) is 21.0. The number of nitrogens with one attached hydrogen (secondary N) is 1. The monoisotopic (exact) mass is 615 g/mol. The van der Waals surface area contributed by atoms with Crippen molar-refractivity contribution < 1.29 is 23.1 Å². The number of aryl methyl sites for hydroxylation is 1. The first-order valence-electron chi connectivity index (χ1n) is 14.5. The molecule has 2 aliphatic rings. The second kappa shape index (κ2) is 10.7. The van der Waals surface area contributed by atoms with Gasteiger partial charge in [-0.2, -0.15) is 13.2 Å². The van der Waals surface area contributed by atoms with Crippen LogP contribution in [0.2, 0.25) is 0 Å². The Hall–Kier alpha value is -4.28. The molecule has 0 saturated heterocycles. The maximum absolute atomic E-state index is 13.5. The first-order chi connectivity index (χ1) is 21.1. The zero-order valence-corrected chi connectivity index (χ0v) is 24.3. The fraction of sp³-hybridized carbons (Fsp3) is 0.265. The Morgan fingerprint density at radius 2 is 1.82 bits per heavy atom.